The fourth-order valence-corrected chi connectivity index (χ4v) is 2.00. The zero-order chi connectivity index (χ0) is 15.4. The second-order valence-electron chi connectivity index (χ2n) is 5.21. The number of hydrogen-bond donors (Lipinski definition) is 1. The van der Waals surface area contributed by atoms with E-state index in [1.165, 1.54) is 6.20 Å². The number of halogens is 3. The van der Waals surface area contributed by atoms with E-state index in [0.717, 1.165) is 25.2 Å². The molecule has 0 unspecified atom stereocenters. The molecule has 1 N–H and O–H groups in total. The van der Waals surface area contributed by atoms with Crippen molar-refractivity contribution < 1.29 is 13.2 Å². The van der Waals surface area contributed by atoms with Gasteiger partial charge in [-0.05, 0) is 24.6 Å². The van der Waals surface area contributed by atoms with Gasteiger partial charge in [0.25, 0.3) is 0 Å². The van der Waals surface area contributed by atoms with E-state index < -0.39 is 11.6 Å². The van der Waals surface area contributed by atoms with Gasteiger partial charge in [0.05, 0.1) is 16.8 Å². The van der Waals surface area contributed by atoms with E-state index in [0.29, 0.717) is 18.2 Å². The zero-order valence-electron chi connectivity index (χ0n) is 11.9. The maximum Gasteiger partial charge on any atom is 0.196 e. The van der Waals surface area contributed by atoms with Gasteiger partial charge in [0, 0.05) is 13.0 Å². The predicted octanol–water partition coefficient (Wildman–Crippen LogP) is 4.06. The first kappa shape index (κ1) is 15.9. The van der Waals surface area contributed by atoms with Gasteiger partial charge in [0.1, 0.15) is 11.6 Å². The van der Waals surface area contributed by atoms with Crippen molar-refractivity contribution in [1.82, 2.24) is 10.3 Å². The van der Waals surface area contributed by atoms with E-state index in [1.54, 1.807) is 0 Å². The molecular formula is C15H17ClF2N2O. The molecule has 0 fully saturated rings. The van der Waals surface area contributed by atoms with Crippen molar-refractivity contribution in [3.63, 3.8) is 0 Å². The molecule has 0 aliphatic heterocycles. The Morgan fingerprint density at radius 3 is 2.76 bits per heavy atom. The Labute approximate surface area is 127 Å². The number of nitrogens with zero attached hydrogens (tertiary/aromatic N) is 1. The molecular weight excluding hydrogens is 298 g/mol. The lowest BCUT2D eigenvalue weighted by molar-refractivity contribution is 0.480. The highest BCUT2D eigenvalue weighted by molar-refractivity contribution is 6.30. The van der Waals surface area contributed by atoms with Crippen molar-refractivity contribution >= 4 is 11.6 Å². The van der Waals surface area contributed by atoms with Crippen molar-refractivity contribution in [3.05, 3.63) is 40.9 Å². The topological polar surface area (TPSA) is 38.1 Å². The van der Waals surface area contributed by atoms with E-state index in [2.05, 4.69) is 24.1 Å². The average Bonchev–Trinajstić information content (AvgIpc) is 2.87. The normalized spacial score (nSPS) is 11.3. The van der Waals surface area contributed by atoms with Crippen molar-refractivity contribution in [2.75, 3.05) is 13.1 Å². The molecule has 0 amide bonds. The lowest BCUT2D eigenvalue weighted by atomic mass is 10.1. The highest BCUT2D eigenvalue weighted by Crippen LogP contribution is 2.28. The van der Waals surface area contributed by atoms with Crippen LogP contribution in [0.15, 0.2) is 22.7 Å². The molecule has 6 heteroatoms. The second-order valence-corrected chi connectivity index (χ2v) is 5.62. The number of nitrogens with one attached hydrogen (secondary N) is 1. The largest absolute Gasteiger partial charge is 0.441 e. The Bertz CT molecular complexity index is 614. The number of hydrogen-bond acceptors (Lipinski definition) is 3. The Morgan fingerprint density at radius 2 is 2.05 bits per heavy atom. The molecule has 0 saturated heterocycles. The molecule has 0 spiro atoms. The van der Waals surface area contributed by atoms with Gasteiger partial charge in [0.2, 0.25) is 0 Å². The van der Waals surface area contributed by atoms with Gasteiger partial charge in [-0.15, -0.1) is 0 Å². The molecule has 1 aromatic carbocycles. The molecule has 2 rings (SSSR count). The van der Waals surface area contributed by atoms with Crippen LogP contribution < -0.4 is 5.32 Å². The van der Waals surface area contributed by atoms with Gasteiger partial charge in [-0.25, -0.2) is 13.8 Å². The van der Waals surface area contributed by atoms with Crippen LogP contribution in [0.1, 0.15) is 19.7 Å². The van der Waals surface area contributed by atoms with E-state index in [-0.39, 0.29) is 16.3 Å². The Morgan fingerprint density at radius 1 is 1.29 bits per heavy atom. The second kappa shape index (κ2) is 7.00. The maximum atomic E-state index is 13.8. The Hall–Kier alpha value is -1.46. The minimum atomic E-state index is -0.690. The number of rotatable bonds is 6. The first-order valence-electron chi connectivity index (χ1n) is 6.77. The summed E-state index contributed by atoms with van der Waals surface area (Å²) in [6.07, 6.45) is 1.98. The minimum Gasteiger partial charge on any atom is -0.441 e. The fraction of sp³-hybridized carbons (Fsp3) is 0.400. The third-order valence-electron chi connectivity index (χ3n) is 2.90. The number of oxazole rings is 1. The summed E-state index contributed by atoms with van der Waals surface area (Å²) in [5.74, 6) is -0.0825. The third-order valence-corrected chi connectivity index (χ3v) is 3.19. The maximum absolute atomic E-state index is 13.8. The monoisotopic (exact) mass is 314 g/mol. The summed E-state index contributed by atoms with van der Waals surface area (Å²) >= 11 is 5.52. The highest BCUT2D eigenvalue weighted by Gasteiger charge is 2.14. The molecule has 0 saturated carbocycles. The van der Waals surface area contributed by atoms with E-state index in [4.69, 9.17) is 16.0 Å². The van der Waals surface area contributed by atoms with Gasteiger partial charge >= 0.3 is 0 Å². The van der Waals surface area contributed by atoms with Gasteiger partial charge < -0.3 is 9.73 Å². The van der Waals surface area contributed by atoms with E-state index >= 15 is 0 Å². The van der Waals surface area contributed by atoms with Gasteiger partial charge in [-0.3, -0.25) is 0 Å². The Kier molecular flexibility index (Phi) is 5.31. The molecule has 2 aromatic rings. The van der Waals surface area contributed by atoms with E-state index in [1.807, 2.05) is 0 Å². The van der Waals surface area contributed by atoms with Gasteiger partial charge in [-0.1, -0.05) is 25.4 Å². The molecule has 1 aromatic heterocycles. The zero-order valence-corrected chi connectivity index (χ0v) is 12.7. The number of aromatic nitrogens is 1. The fourth-order valence-electron chi connectivity index (χ4n) is 1.85. The molecule has 1 heterocycles. The van der Waals surface area contributed by atoms with Crippen LogP contribution >= 0.6 is 11.6 Å². The predicted molar refractivity (Wildman–Crippen MR) is 78.3 cm³/mol. The van der Waals surface area contributed by atoms with E-state index in [9.17, 15) is 8.78 Å². The molecule has 0 bridgehead atoms. The highest BCUT2D eigenvalue weighted by atomic mass is 35.5. The molecule has 0 aliphatic rings. The van der Waals surface area contributed by atoms with Crippen LogP contribution in [0.4, 0.5) is 8.78 Å². The summed E-state index contributed by atoms with van der Waals surface area (Å²) in [7, 11) is 0. The summed E-state index contributed by atoms with van der Waals surface area (Å²) in [5.41, 5.74) is 0.0192. The summed E-state index contributed by atoms with van der Waals surface area (Å²) in [6, 6.07) is 1.94. The van der Waals surface area contributed by atoms with Gasteiger partial charge in [-0.2, -0.15) is 0 Å². The van der Waals surface area contributed by atoms with Crippen LogP contribution in [0.3, 0.4) is 0 Å². The summed E-state index contributed by atoms with van der Waals surface area (Å²) in [4.78, 5) is 4.07. The van der Waals surface area contributed by atoms with Crippen LogP contribution in [-0.2, 0) is 6.42 Å². The van der Waals surface area contributed by atoms with Crippen LogP contribution in [0.2, 0.25) is 5.02 Å². The van der Waals surface area contributed by atoms with Crippen LogP contribution in [0.5, 0.6) is 0 Å². The summed E-state index contributed by atoms with van der Waals surface area (Å²) in [6.45, 7) is 5.86. The standard InChI is InChI=1S/C15H17ClF2N2O/c1-9(2)7-19-4-3-15-20-8-14(21-15)10-5-13(18)11(16)6-12(10)17/h5-6,8-9,19H,3-4,7H2,1-2H3. The van der Waals surface area contributed by atoms with Crippen molar-refractivity contribution in [3.8, 4) is 11.3 Å². The number of benzene rings is 1. The molecule has 0 radical (unpaired) electrons. The van der Waals surface area contributed by atoms with Gasteiger partial charge in [0.15, 0.2) is 11.7 Å². The average molecular weight is 315 g/mol. The van der Waals surface area contributed by atoms with Crippen LogP contribution in [0.25, 0.3) is 11.3 Å². The minimum absolute atomic E-state index is 0.0192. The van der Waals surface area contributed by atoms with Crippen molar-refractivity contribution in [2.45, 2.75) is 20.3 Å². The molecule has 0 aliphatic carbocycles. The van der Waals surface area contributed by atoms with Crippen LogP contribution in [0, 0.1) is 17.6 Å². The summed E-state index contributed by atoms with van der Waals surface area (Å²) in [5, 5.41) is 3.00. The quantitative estimate of drug-likeness (QED) is 0.645. The van der Waals surface area contributed by atoms with Crippen LogP contribution in [-0.4, -0.2) is 18.1 Å². The first-order chi connectivity index (χ1) is 9.97. The molecule has 114 valence electrons. The van der Waals surface area contributed by atoms with Crippen molar-refractivity contribution in [1.29, 1.82) is 0 Å². The third kappa shape index (κ3) is 4.25. The Balaban J connectivity index is 2.04. The smallest absolute Gasteiger partial charge is 0.196 e. The lowest BCUT2D eigenvalue weighted by Crippen LogP contribution is -2.22. The summed E-state index contributed by atoms with van der Waals surface area (Å²) < 4.78 is 32.6. The molecule has 3 nitrogen and oxygen atoms in total. The first-order valence-corrected chi connectivity index (χ1v) is 7.15. The molecule has 21 heavy (non-hydrogen) atoms. The SMILES string of the molecule is CC(C)CNCCc1ncc(-c2cc(F)c(Cl)cc2F)o1. The van der Waals surface area contributed by atoms with Crippen molar-refractivity contribution in [2.24, 2.45) is 5.92 Å². The molecule has 0 atom stereocenters. The lowest BCUT2D eigenvalue weighted by Gasteiger charge is -2.05.